The first-order valence-corrected chi connectivity index (χ1v) is 9.91. The minimum atomic E-state index is -4.40. The smallest absolute Gasteiger partial charge is 0.350 e. The molecule has 3 N–H and O–H groups in total. The van der Waals surface area contributed by atoms with E-state index < -0.39 is 23.7 Å². The Bertz CT molecular complexity index is 1070. The van der Waals surface area contributed by atoms with Crippen LogP contribution in [0.4, 0.5) is 13.2 Å². The summed E-state index contributed by atoms with van der Waals surface area (Å²) in [4.78, 5) is 32.5. The summed E-state index contributed by atoms with van der Waals surface area (Å²) in [6, 6.07) is 11.4. The highest BCUT2D eigenvalue weighted by molar-refractivity contribution is 5.90. The molecule has 0 radical (unpaired) electrons. The Morgan fingerprint density at radius 2 is 1.87 bits per heavy atom. The van der Waals surface area contributed by atoms with Gasteiger partial charge in [-0.3, -0.25) is 9.59 Å². The lowest BCUT2D eigenvalue weighted by Crippen LogP contribution is -2.45. The van der Waals surface area contributed by atoms with Gasteiger partial charge in [-0.25, -0.2) is 4.98 Å². The lowest BCUT2D eigenvalue weighted by Gasteiger charge is -2.14. The number of carbonyl (C=O) groups excluding carboxylic acids is 2. The van der Waals surface area contributed by atoms with Crippen LogP contribution >= 0.6 is 0 Å². The number of imidazole rings is 1. The molecule has 1 fully saturated rings. The van der Waals surface area contributed by atoms with Crippen LogP contribution in [0.15, 0.2) is 48.5 Å². The van der Waals surface area contributed by atoms with Crippen LogP contribution < -0.4 is 10.6 Å². The van der Waals surface area contributed by atoms with Crippen molar-refractivity contribution < 1.29 is 22.8 Å². The van der Waals surface area contributed by atoms with E-state index in [0.29, 0.717) is 12.0 Å². The average Bonchev–Trinajstić information content (AvgIpc) is 3.43. The molecule has 162 valence electrons. The van der Waals surface area contributed by atoms with Crippen molar-refractivity contribution in [3.63, 3.8) is 0 Å². The van der Waals surface area contributed by atoms with Crippen molar-refractivity contribution in [1.29, 1.82) is 0 Å². The molecule has 2 aromatic carbocycles. The van der Waals surface area contributed by atoms with Crippen LogP contribution in [0, 0.1) is 5.92 Å². The average molecular weight is 430 g/mol. The number of amides is 2. The van der Waals surface area contributed by atoms with Crippen LogP contribution in [0.1, 0.15) is 36.2 Å². The molecule has 1 saturated carbocycles. The number of H-pyrrole nitrogens is 1. The summed E-state index contributed by atoms with van der Waals surface area (Å²) in [5.41, 5.74) is 1.55. The number of aromatic nitrogens is 2. The molecule has 1 heterocycles. The third kappa shape index (κ3) is 4.70. The topological polar surface area (TPSA) is 86.9 Å². The maximum atomic E-state index is 12.6. The van der Waals surface area contributed by atoms with Gasteiger partial charge in [0.2, 0.25) is 11.8 Å². The van der Waals surface area contributed by atoms with Crippen molar-refractivity contribution in [2.45, 2.75) is 38.0 Å². The van der Waals surface area contributed by atoms with E-state index >= 15 is 0 Å². The molecule has 0 aliphatic heterocycles. The number of carbonyl (C=O) groups is 2. The van der Waals surface area contributed by atoms with E-state index in [9.17, 15) is 22.8 Å². The molecule has 9 heteroatoms. The van der Waals surface area contributed by atoms with Crippen molar-refractivity contribution in [1.82, 2.24) is 20.6 Å². The van der Waals surface area contributed by atoms with E-state index in [0.717, 1.165) is 29.0 Å². The van der Waals surface area contributed by atoms with Crippen LogP contribution in [-0.4, -0.2) is 27.8 Å². The maximum Gasteiger partial charge on any atom is 0.416 e. The second kappa shape index (κ2) is 8.05. The van der Waals surface area contributed by atoms with E-state index in [1.165, 1.54) is 12.1 Å². The number of benzene rings is 2. The number of alkyl halides is 3. The molecule has 31 heavy (non-hydrogen) atoms. The first-order chi connectivity index (χ1) is 14.7. The van der Waals surface area contributed by atoms with Crippen molar-refractivity contribution in [3.05, 3.63) is 65.5 Å². The molecule has 3 atom stereocenters. The van der Waals surface area contributed by atoms with Crippen LogP contribution in [0.2, 0.25) is 0 Å². The predicted octanol–water partition coefficient (Wildman–Crippen LogP) is 3.51. The van der Waals surface area contributed by atoms with Gasteiger partial charge < -0.3 is 15.6 Å². The summed E-state index contributed by atoms with van der Waals surface area (Å²) >= 11 is 0. The molecule has 0 saturated heterocycles. The minimum absolute atomic E-state index is 0.00481. The summed E-state index contributed by atoms with van der Waals surface area (Å²) in [6.07, 6.45) is -3.74. The number of nitrogens with zero attached hydrogens (tertiary/aromatic N) is 1. The highest BCUT2D eigenvalue weighted by atomic mass is 19.4. The number of fused-ring (bicyclic) bond motifs is 1. The second-order valence-corrected chi connectivity index (χ2v) is 7.73. The van der Waals surface area contributed by atoms with E-state index in [1.54, 1.807) is 6.92 Å². The molecule has 1 aromatic heterocycles. The SMILES string of the molecule is C[C@@H](NC(=O)[C@H]1C[C@@H]1c1nc2ccccc2[nH]1)C(=O)NCc1ccc(C(F)(F)F)cc1. The third-order valence-corrected chi connectivity index (χ3v) is 5.39. The summed E-state index contributed by atoms with van der Waals surface area (Å²) in [5, 5.41) is 5.33. The molecule has 1 aliphatic carbocycles. The molecule has 4 rings (SSSR count). The molecule has 3 aromatic rings. The second-order valence-electron chi connectivity index (χ2n) is 7.73. The fourth-order valence-corrected chi connectivity index (χ4v) is 3.47. The highest BCUT2D eigenvalue weighted by Crippen LogP contribution is 2.46. The van der Waals surface area contributed by atoms with Crippen molar-refractivity contribution >= 4 is 22.8 Å². The van der Waals surface area contributed by atoms with Gasteiger partial charge >= 0.3 is 6.18 Å². The molecule has 0 unspecified atom stereocenters. The van der Waals surface area contributed by atoms with Crippen molar-refractivity contribution in [3.8, 4) is 0 Å². The number of rotatable bonds is 6. The number of hydrogen-bond acceptors (Lipinski definition) is 3. The number of halogens is 3. The summed E-state index contributed by atoms with van der Waals surface area (Å²) in [5.74, 6) is -0.113. The lowest BCUT2D eigenvalue weighted by molar-refractivity contribution is -0.137. The standard InChI is InChI=1S/C22H21F3N4O2/c1-12(20(30)26-11-13-6-8-14(9-7-13)22(23,24)25)27-21(31)16-10-15(16)19-28-17-4-2-3-5-18(17)29-19/h2-9,12,15-16H,10-11H2,1H3,(H,26,30)(H,27,31)(H,28,29)/t12-,15+,16+/m1/s1. The quantitative estimate of drug-likeness (QED) is 0.559. The van der Waals surface area contributed by atoms with Gasteiger partial charge in [0.05, 0.1) is 16.6 Å². The summed E-state index contributed by atoms with van der Waals surface area (Å²) < 4.78 is 37.8. The Kier molecular flexibility index (Phi) is 5.43. The molecule has 0 bridgehead atoms. The maximum absolute atomic E-state index is 12.6. The van der Waals surface area contributed by atoms with Gasteiger partial charge in [-0.15, -0.1) is 0 Å². The normalized spacial score (nSPS) is 19.1. The summed E-state index contributed by atoms with van der Waals surface area (Å²) in [7, 11) is 0. The fraction of sp³-hybridized carbons (Fsp3) is 0.318. The first-order valence-electron chi connectivity index (χ1n) is 9.91. The van der Waals surface area contributed by atoms with Gasteiger partial charge in [0.25, 0.3) is 0 Å². The summed E-state index contributed by atoms with van der Waals surface area (Å²) in [6.45, 7) is 1.64. The molecule has 6 nitrogen and oxygen atoms in total. The van der Waals surface area contributed by atoms with Crippen LogP contribution in [0.25, 0.3) is 11.0 Å². The van der Waals surface area contributed by atoms with Gasteiger partial charge in [0.1, 0.15) is 11.9 Å². The predicted molar refractivity (Wildman–Crippen MR) is 108 cm³/mol. The monoisotopic (exact) mass is 430 g/mol. The van der Waals surface area contributed by atoms with Crippen LogP contribution in [0.3, 0.4) is 0 Å². The first kappa shape index (κ1) is 20.9. The Balaban J connectivity index is 1.26. The zero-order valence-electron chi connectivity index (χ0n) is 16.7. The van der Waals surface area contributed by atoms with Gasteiger partial charge in [-0.2, -0.15) is 13.2 Å². The Morgan fingerprint density at radius 3 is 2.55 bits per heavy atom. The zero-order valence-corrected chi connectivity index (χ0v) is 16.7. The number of nitrogens with one attached hydrogen (secondary N) is 3. The minimum Gasteiger partial charge on any atom is -0.350 e. The van der Waals surface area contributed by atoms with Gasteiger partial charge in [0.15, 0.2) is 0 Å². The van der Waals surface area contributed by atoms with Crippen LogP contribution in [-0.2, 0) is 22.3 Å². The van der Waals surface area contributed by atoms with Gasteiger partial charge in [-0.05, 0) is 43.2 Å². The third-order valence-electron chi connectivity index (χ3n) is 5.39. The Hall–Kier alpha value is -3.36. The van der Waals surface area contributed by atoms with Gasteiger partial charge in [0, 0.05) is 18.4 Å². The lowest BCUT2D eigenvalue weighted by atomic mass is 10.1. The zero-order chi connectivity index (χ0) is 22.2. The molecular weight excluding hydrogens is 409 g/mol. The number of aromatic amines is 1. The Morgan fingerprint density at radius 1 is 1.16 bits per heavy atom. The molecular formula is C22H21F3N4O2. The van der Waals surface area contributed by atoms with Crippen LogP contribution in [0.5, 0.6) is 0 Å². The van der Waals surface area contributed by atoms with E-state index in [1.807, 2.05) is 24.3 Å². The van der Waals surface area contributed by atoms with Crippen molar-refractivity contribution in [2.75, 3.05) is 0 Å². The molecule has 1 aliphatic rings. The van der Waals surface area contributed by atoms with E-state index in [-0.39, 0.29) is 24.3 Å². The largest absolute Gasteiger partial charge is 0.416 e. The highest BCUT2D eigenvalue weighted by Gasteiger charge is 2.46. The fourth-order valence-electron chi connectivity index (χ4n) is 3.47. The number of hydrogen-bond donors (Lipinski definition) is 3. The molecule has 0 spiro atoms. The Labute approximate surface area is 176 Å². The van der Waals surface area contributed by atoms with Gasteiger partial charge in [-0.1, -0.05) is 24.3 Å². The molecule has 2 amide bonds. The van der Waals surface area contributed by atoms with E-state index in [4.69, 9.17) is 0 Å². The van der Waals surface area contributed by atoms with Crippen molar-refractivity contribution in [2.24, 2.45) is 5.92 Å². The van der Waals surface area contributed by atoms with E-state index in [2.05, 4.69) is 20.6 Å². The number of para-hydroxylation sites is 2.